The molecule has 0 unspecified atom stereocenters. The zero-order chi connectivity index (χ0) is 14.7. The molecule has 0 aromatic heterocycles. The van der Waals surface area contributed by atoms with Crippen molar-refractivity contribution in [2.75, 3.05) is 0 Å². The SMILES string of the molecule is Cc1cccc(OCc2cc(F)cc(C(N)=S)c2)c1F. The minimum Gasteiger partial charge on any atom is -0.486 e. The number of hydrogen-bond acceptors (Lipinski definition) is 2. The van der Waals surface area contributed by atoms with E-state index in [4.69, 9.17) is 22.7 Å². The summed E-state index contributed by atoms with van der Waals surface area (Å²) in [7, 11) is 0. The van der Waals surface area contributed by atoms with Gasteiger partial charge in [-0.15, -0.1) is 0 Å². The van der Waals surface area contributed by atoms with Crippen LogP contribution in [0.4, 0.5) is 8.78 Å². The molecule has 104 valence electrons. The van der Waals surface area contributed by atoms with E-state index < -0.39 is 11.6 Å². The molecule has 5 heteroatoms. The smallest absolute Gasteiger partial charge is 0.167 e. The molecule has 0 aliphatic carbocycles. The van der Waals surface area contributed by atoms with Gasteiger partial charge in [-0.25, -0.2) is 8.78 Å². The zero-order valence-electron chi connectivity index (χ0n) is 10.8. The Kier molecular flexibility index (Phi) is 4.29. The third kappa shape index (κ3) is 3.30. The average Bonchev–Trinajstić information content (AvgIpc) is 2.40. The van der Waals surface area contributed by atoms with Crippen LogP contribution in [-0.4, -0.2) is 4.99 Å². The molecule has 0 amide bonds. The van der Waals surface area contributed by atoms with E-state index in [1.165, 1.54) is 18.2 Å². The lowest BCUT2D eigenvalue weighted by atomic mass is 10.1. The minimum absolute atomic E-state index is 0.0355. The van der Waals surface area contributed by atoms with Crippen LogP contribution in [0.15, 0.2) is 36.4 Å². The highest BCUT2D eigenvalue weighted by Gasteiger charge is 2.08. The first-order valence-electron chi connectivity index (χ1n) is 5.94. The second kappa shape index (κ2) is 5.96. The van der Waals surface area contributed by atoms with Crippen LogP contribution in [0.1, 0.15) is 16.7 Å². The summed E-state index contributed by atoms with van der Waals surface area (Å²) in [5.41, 5.74) is 6.91. The third-order valence-electron chi connectivity index (χ3n) is 2.79. The Balaban J connectivity index is 2.19. The molecule has 0 aliphatic heterocycles. The van der Waals surface area contributed by atoms with Crippen LogP contribution >= 0.6 is 12.2 Å². The van der Waals surface area contributed by atoms with Crippen LogP contribution in [0.5, 0.6) is 5.75 Å². The highest BCUT2D eigenvalue weighted by atomic mass is 32.1. The summed E-state index contributed by atoms with van der Waals surface area (Å²) in [6.07, 6.45) is 0. The fraction of sp³-hybridized carbons (Fsp3) is 0.133. The number of nitrogens with two attached hydrogens (primary N) is 1. The van der Waals surface area contributed by atoms with Gasteiger partial charge in [-0.2, -0.15) is 0 Å². The Morgan fingerprint density at radius 3 is 2.70 bits per heavy atom. The van der Waals surface area contributed by atoms with Crippen molar-refractivity contribution in [1.29, 1.82) is 0 Å². The van der Waals surface area contributed by atoms with E-state index in [9.17, 15) is 8.78 Å². The van der Waals surface area contributed by atoms with Crippen molar-refractivity contribution in [3.63, 3.8) is 0 Å². The lowest BCUT2D eigenvalue weighted by molar-refractivity contribution is 0.289. The molecule has 2 aromatic rings. The van der Waals surface area contributed by atoms with Crippen LogP contribution in [0, 0.1) is 18.6 Å². The molecule has 0 saturated heterocycles. The van der Waals surface area contributed by atoms with Gasteiger partial charge in [0, 0.05) is 5.56 Å². The second-order valence-electron chi connectivity index (χ2n) is 4.39. The predicted octanol–water partition coefficient (Wildman–Crippen LogP) is 3.49. The van der Waals surface area contributed by atoms with Gasteiger partial charge in [-0.3, -0.25) is 0 Å². The number of halogens is 2. The van der Waals surface area contributed by atoms with Gasteiger partial charge in [0.15, 0.2) is 11.6 Å². The highest BCUT2D eigenvalue weighted by Crippen LogP contribution is 2.21. The van der Waals surface area contributed by atoms with Crippen molar-refractivity contribution in [3.8, 4) is 5.75 Å². The lowest BCUT2D eigenvalue weighted by Crippen LogP contribution is -2.10. The summed E-state index contributed by atoms with van der Waals surface area (Å²) >= 11 is 4.81. The molecule has 0 heterocycles. The molecular weight excluding hydrogens is 280 g/mol. The Labute approximate surface area is 121 Å². The first kappa shape index (κ1) is 14.4. The molecule has 2 rings (SSSR count). The van der Waals surface area contributed by atoms with Crippen molar-refractivity contribution in [1.82, 2.24) is 0 Å². The summed E-state index contributed by atoms with van der Waals surface area (Å²) < 4.78 is 32.5. The molecule has 0 aliphatic rings. The number of rotatable bonds is 4. The second-order valence-corrected chi connectivity index (χ2v) is 4.83. The van der Waals surface area contributed by atoms with E-state index in [-0.39, 0.29) is 17.3 Å². The van der Waals surface area contributed by atoms with Gasteiger partial charge in [0.2, 0.25) is 0 Å². The molecule has 2 nitrogen and oxygen atoms in total. The normalized spacial score (nSPS) is 10.3. The van der Waals surface area contributed by atoms with Crippen molar-refractivity contribution < 1.29 is 13.5 Å². The van der Waals surface area contributed by atoms with E-state index in [1.807, 2.05) is 0 Å². The first-order chi connectivity index (χ1) is 9.47. The standard InChI is InChI=1S/C15H13F2NOS/c1-9-3-2-4-13(14(9)17)19-8-10-5-11(15(18)20)7-12(16)6-10/h2-7H,8H2,1H3,(H2,18,20). The van der Waals surface area contributed by atoms with Crippen molar-refractivity contribution in [3.05, 3.63) is 64.7 Å². The van der Waals surface area contributed by atoms with E-state index >= 15 is 0 Å². The zero-order valence-corrected chi connectivity index (χ0v) is 11.6. The molecule has 0 atom stereocenters. The summed E-state index contributed by atoms with van der Waals surface area (Å²) in [4.78, 5) is 0.104. The molecular formula is C15H13F2NOS. The van der Waals surface area contributed by atoms with Gasteiger partial charge in [-0.1, -0.05) is 24.4 Å². The van der Waals surface area contributed by atoms with Gasteiger partial charge >= 0.3 is 0 Å². The fourth-order valence-corrected chi connectivity index (χ4v) is 1.89. The first-order valence-corrected chi connectivity index (χ1v) is 6.35. The predicted molar refractivity (Wildman–Crippen MR) is 77.8 cm³/mol. The number of ether oxygens (including phenoxy) is 1. The third-order valence-corrected chi connectivity index (χ3v) is 3.03. The molecule has 2 aromatic carbocycles. The van der Waals surface area contributed by atoms with Crippen molar-refractivity contribution >= 4 is 17.2 Å². The summed E-state index contributed by atoms with van der Waals surface area (Å²) in [5.74, 6) is -0.747. The number of hydrogen-bond donors (Lipinski definition) is 1. The van der Waals surface area contributed by atoms with E-state index in [0.29, 0.717) is 16.7 Å². The van der Waals surface area contributed by atoms with Gasteiger partial charge in [0.05, 0.1) is 0 Å². The van der Waals surface area contributed by atoms with Crippen LogP contribution in [-0.2, 0) is 6.61 Å². The summed E-state index contributed by atoms with van der Waals surface area (Å²) in [5, 5.41) is 0. The Bertz CT molecular complexity index is 658. The minimum atomic E-state index is -0.460. The van der Waals surface area contributed by atoms with Crippen LogP contribution in [0.3, 0.4) is 0 Å². The fourth-order valence-electron chi connectivity index (χ4n) is 1.77. The molecule has 0 bridgehead atoms. The molecule has 0 fully saturated rings. The van der Waals surface area contributed by atoms with Gasteiger partial charge in [0.25, 0.3) is 0 Å². The maximum absolute atomic E-state index is 13.8. The topological polar surface area (TPSA) is 35.2 Å². The Morgan fingerprint density at radius 2 is 2.00 bits per heavy atom. The van der Waals surface area contributed by atoms with Crippen LogP contribution in [0.25, 0.3) is 0 Å². The monoisotopic (exact) mass is 293 g/mol. The number of benzene rings is 2. The van der Waals surface area contributed by atoms with Crippen LogP contribution in [0.2, 0.25) is 0 Å². The van der Waals surface area contributed by atoms with E-state index in [0.717, 1.165) is 0 Å². The molecule has 0 spiro atoms. The number of thiocarbonyl (C=S) groups is 1. The lowest BCUT2D eigenvalue weighted by Gasteiger charge is -2.10. The summed E-state index contributed by atoms with van der Waals surface area (Å²) in [6, 6.07) is 9.04. The summed E-state index contributed by atoms with van der Waals surface area (Å²) in [6.45, 7) is 1.68. The van der Waals surface area contributed by atoms with Gasteiger partial charge in [0.1, 0.15) is 17.4 Å². The quantitative estimate of drug-likeness (QED) is 0.877. The van der Waals surface area contributed by atoms with Gasteiger partial charge in [-0.05, 0) is 42.3 Å². The maximum atomic E-state index is 13.8. The highest BCUT2D eigenvalue weighted by molar-refractivity contribution is 7.80. The average molecular weight is 293 g/mol. The van der Waals surface area contributed by atoms with E-state index in [1.54, 1.807) is 25.1 Å². The van der Waals surface area contributed by atoms with Crippen molar-refractivity contribution in [2.45, 2.75) is 13.5 Å². The molecule has 0 radical (unpaired) electrons. The van der Waals surface area contributed by atoms with Crippen LogP contribution < -0.4 is 10.5 Å². The Morgan fingerprint density at radius 1 is 1.25 bits per heavy atom. The molecule has 20 heavy (non-hydrogen) atoms. The molecule has 0 saturated carbocycles. The maximum Gasteiger partial charge on any atom is 0.167 e. The van der Waals surface area contributed by atoms with E-state index in [2.05, 4.69) is 0 Å². The number of aryl methyl sites for hydroxylation is 1. The molecule has 2 N–H and O–H groups in total. The largest absolute Gasteiger partial charge is 0.486 e. The van der Waals surface area contributed by atoms with Gasteiger partial charge < -0.3 is 10.5 Å². The Hall–Kier alpha value is -2.01. The van der Waals surface area contributed by atoms with Crippen molar-refractivity contribution in [2.24, 2.45) is 5.73 Å².